The molecule has 3 aromatic rings. The Morgan fingerprint density at radius 2 is 2.17 bits per heavy atom. The summed E-state index contributed by atoms with van der Waals surface area (Å²) in [5.74, 6) is 1.96. The molecule has 1 aromatic carbocycles. The van der Waals surface area contributed by atoms with Crippen LogP contribution in [0.25, 0.3) is 22.6 Å². The summed E-state index contributed by atoms with van der Waals surface area (Å²) in [6.07, 6.45) is 5.41. The number of hydrogen-bond donors (Lipinski definition) is 1. The summed E-state index contributed by atoms with van der Waals surface area (Å²) in [5, 5.41) is 0. The number of rotatable bonds is 6. The minimum Gasteiger partial charge on any atom is -0.492 e. The van der Waals surface area contributed by atoms with E-state index in [2.05, 4.69) is 15.0 Å². The first-order valence-electron chi connectivity index (χ1n) is 7.09. The lowest BCUT2D eigenvalue weighted by Crippen LogP contribution is -2.07. The molecule has 0 radical (unpaired) electrons. The van der Waals surface area contributed by atoms with Gasteiger partial charge >= 0.3 is 0 Å². The largest absolute Gasteiger partial charge is 0.492 e. The van der Waals surface area contributed by atoms with Gasteiger partial charge in [0.1, 0.15) is 11.6 Å². The highest BCUT2D eigenvalue weighted by atomic mass is 35.5. The van der Waals surface area contributed by atoms with Crippen molar-refractivity contribution < 1.29 is 8.95 Å². The maximum absolute atomic E-state index is 11.2. The van der Waals surface area contributed by atoms with E-state index in [0.717, 1.165) is 27.5 Å². The summed E-state index contributed by atoms with van der Waals surface area (Å²) >= 11 is 1.65. The normalized spacial score (nSPS) is 11.9. The molecule has 0 aliphatic heterocycles. The van der Waals surface area contributed by atoms with Crippen molar-refractivity contribution >= 4 is 46.1 Å². The van der Waals surface area contributed by atoms with Crippen molar-refractivity contribution in [2.24, 2.45) is 0 Å². The van der Waals surface area contributed by atoms with Crippen LogP contribution in [-0.4, -0.2) is 44.0 Å². The standard InChI is InChI=1S/C16H17N3O2S2.ClH/c1-22-11-5-6-12(14(10-11)21-8-9-23(2)20)15-18-13-4-3-7-17-16(13)19-15;/h3-7,10H,8-9H2,1-2H3,(H,17,18,19);1H. The summed E-state index contributed by atoms with van der Waals surface area (Å²) < 4.78 is 17.1. The van der Waals surface area contributed by atoms with E-state index in [4.69, 9.17) is 4.74 Å². The fraction of sp³-hybridized carbons (Fsp3) is 0.250. The molecule has 2 aromatic heterocycles. The predicted molar refractivity (Wildman–Crippen MR) is 103 cm³/mol. The lowest BCUT2D eigenvalue weighted by atomic mass is 10.2. The van der Waals surface area contributed by atoms with Gasteiger partial charge in [-0.15, -0.1) is 24.2 Å². The van der Waals surface area contributed by atoms with Gasteiger partial charge in [-0.25, -0.2) is 9.97 Å². The molecule has 3 rings (SSSR count). The summed E-state index contributed by atoms with van der Waals surface area (Å²) in [6.45, 7) is 0.409. The number of aromatic nitrogens is 3. The van der Waals surface area contributed by atoms with Gasteiger partial charge < -0.3 is 9.72 Å². The Balaban J connectivity index is 0.00000208. The average molecular weight is 384 g/mol. The Hall–Kier alpha value is -1.57. The molecule has 0 saturated heterocycles. The molecule has 1 atom stereocenters. The highest BCUT2D eigenvalue weighted by Crippen LogP contribution is 2.32. The first-order chi connectivity index (χ1) is 11.2. The number of benzene rings is 1. The molecule has 2 heterocycles. The molecule has 1 N–H and O–H groups in total. The lowest BCUT2D eigenvalue weighted by Gasteiger charge is -2.11. The Morgan fingerprint density at radius 1 is 1.33 bits per heavy atom. The van der Waals surface area contributed by atoms with E-state index in [1.165, 1.54) is 0 Å². The van der Waals surface area contributed by atoms with Crippen molar-refractivity contribution in [3.63, 3.8) is 0 Å². The molecular formula is C16H18ClN3O2S2. The molecule has 0 aliphatic carbocycles. The molecule has 5 nitrogen and oxygen atoms in total. The SMILES string of the molecule is CSc1ccc(-c2nc3ncccc3[nH]2)c(OCCS(C)=O)c1.Cl. The van der Waals surface area contributed by atoms with Crippen molar-refractivity contribution in [1.29, 1.82) is 0 Å². The Labute approximate surface area is 153 Å². The fourth-order valence-electron chi connectivity index (χ4n) is 2.19. The third-order valence-corrected chi connectivity index (χ3v) is 4.80. The number of halogens is 1. The van der Waals surface area contributed by atoms with Gasteiger partial charge in [0, 0.05) is 28.1 Å². The first-order valence-corrected chi connectivity index (χ1v) is 10.0. The lowest BCUT2D eigenvalue weighted by molar-refractivity contribution is 0.343. The smallest absolute Gasteiger partial charge is 0.178 e. The molecule has 128 valence electrons. The van der Waals surface area contributed by atoms with Crippen molar-refractivity contribution in [2.45, 2.75) is 4.90 Å². The minimum absolute atomic E-state index is 0. The Kier molecular flexibility index (Phi) is 6.65. The number of ether oxygens (including phenoxy) is 1. The predicted octanol–water partition coefficient (Wildman–Crippen LogP) is 3.53. The monoisotopic (exact) mass is 383 g/mol. The van der Waals surface area contributed by atoms with Gasteiger partial charge in [0.2, 0.25) is 0 Å². The molecule has 0 aliphatic rings. The van der Waals surface area contributed by atoms with Gasteiger partial charge in [0.15, 0.2) is 5.65 Å². The van der Waals surface area contributed by atoms with Gasteiger partial charge in [0.05, 0.1) is 23.4 Å². The first kappa shape index (κ1) is 18.8. The number of H-pyrrole nitrogens is 1. The van der Waals surface area contributed by atoms with Gasteiger partial charge in [-0.05, 0) is 36.6 Å². The molecule has 0 bridgehead atoms. The molecule has 0 saturated carbocycles. The number of pyridine rings is 1. The number of nitrogens with zero attached hydrogens (tertiary/aromatic N) is 2. The zero-order valence-electron chi connectivity index (χ0n) is 13.3. The summed E-state index contributed by atoms with van der Waals surface area (Å²) in [7, 11) is -0.874. The third-order valence-electron chi connectivity index (χ3n) is 3.33. The van der Waals surface area contributed by atoms with E-state index in [-0.39, 0.29) is 12.4 Å². The van der Waals surface area contributed by atoms with E-state index >= 15 is 0 Å². The Bertz CT molecular complexity index is 821. The van der Waals surface area contributed by atoms with E-state index < -0.39 is 10.8 Å². The minimum atomic E-state index is -0.874. The van der Waals surface area contributed by atoms with Crippen LogP contribution < -0.4 is 4.74 Å². The average Bonchev–Trinajstić information content (AvgIpc) is 2.98. The topological polar surface area (TPSA) is 67.9 Å². The molecule has 0 spiro atoms. The van der Waals surface area contributed by atoms with Gasteiger partial charge in [-0.3, -0.25) is 4.21 Å². The van der Waals surface area contributed by atoms with Crippen LogP contribution in [0.1, 0.15) is 0 Å². The summed E-state index contributed by atoms with van der Waals surface area (Å²) in [5.41, 5.74) is 2.44. The second kappa shape index (κ2) is 8.50. The molecule has 0 amide bonds. The van der Waals surface area contributed by atoms with Gasteiger partial charge in [-0.1, -0.05) is 0 Å². The zero-order valence-corrected chi connectivity index (χ0v) is 15.8. The highest BCUT2D eigenvalue weighted by molar-refractivity contribution is 7.98. The number of nitrogens with one attached hydrogen (secondary N) is 1. The number of imidazole rings is 1. The van der Waals surface area contributed by atoms with E-state index in [0.29, 0.717) is 18.0 Å². The van der Waals surface area contributed by atoms with Crippen LogP contribution in [0.3, 0.4) is 0 Å². The second-order valence-electron chi connectivity index (χ2n) is 4.95. The highest BCUT2D eigenvalue weighted by Gasteiger charge is 2.12. The molecular weight excluding hydrogens is 366 g/mol. The molecule has 0 fully saturated rings. The number of fused-ring (bicyclic) bond motifs is 1. The van der Waals surface area contributed by atoms with Gasteiger partial charge in [-0.2, -0.15) is 0 Å². The van der Waals surface area contributed by atoms with Crippen molar-refractivity contribution in [3.05, 3.63) is 36.5 Å². The maximum atomic E-state index is 11.2. The van der Waals surface area contributed by atoms with Crippen LogP contribution in [0.4, 0.5) is 0 Å². The van der Waals surface area contributed by atoms with E-state index in [1.54, 1.807) is 24.2 Å². The summed E-state index contributed by atoms with van der Waals surface area (Å²) in [4.78, 5) is 13.2. The quantitative estimate of drug-likeness (QED) is 0.659. The van der Waals surface area contributed by atoms with E-state index in [1.807, 2.05) is 36.6 Å². The van der Waals surface area contributed by atoms with Crippen LogP contribution in [0, 0.1) is 0 Å². The van der Waals surface area contributed by atoms with Crippen LogP contribution in [0.2, 0.25) is 0 Å². The van der Waals surface area contributed by atoms with Crippen LogP contribution in [0.5, 0.6) is 5.75 Å². The molecule has 24 heavy (non-hydrogen) atoms. The van der Waals surface area contributed by atoms with Crippen molar-refractivity contribution in [2.75, 3.05) is 24.9 Å². The number of hydrogen-bond acceptors (Lipinski definition) is 5. The number of thioether (sulfide) groups is 1. The van der Waals surface area contributed by atoms with Crippen LogP contribution in [0.15, 0.2) is 41.4 Å². The van der Waals surface area contributed by atoms with Crippen molar-refractivity contribution in [1.82, 2.24) is 15.0 Å². The molecule has 8 heteroatoms. The van der Waals surface area contributed by atoms with Crippen LogP contribution in [-0.2, 0) is 10.8 Å². The number of aromatic amines is 1. The fourth-order valence-corrected chi connectivity index (χ4v) is 2.93. The molecule has 1 unspecified atom stereocenters. The van der Waals surface area contributed by atoms with Crippen LogP contribution >= 0.6 is 24.2 Å². The summed E-state index contributed by atoms with van der Waals surface area (Å²) in [6, 6.07) is 9.82. The zero-order chi connectivity index (χ0) is 16.2. The third kappa shape index (κ3) is 4.28. The maximum Gasteiger partial charge on any atom is 0.178 e. The van der Waals surface area contributed by atoms with Crippen molar-refractivity contribution in [3.8, 4) is 17.1 Å². The van der Waals surface area contributed by atoms with Gasteiger partial charge in [0.25, 0.3) is 0 Å². The second-order valence-corrected chi connectivity index (χ2v) is 7.38. The Morgan fingerprint density at radius 3 is 2.88 bits per heavy atom. The van der Waals surface area contributed by atoms with E-state index in [9.17, 15) is 4.21 Å².